The van der Waals surface area contributed by atoms with E-state index in [-0.39, 0.29) is 5.82 Å². The van der Waals surface area contributed by atoms with Crippen molar-refractivity contribution >= 4 is 23.1 Å². The molecule has 1 aromatic rings. The number of rotatable bonds is 9. The molecule has 0 spiro atoms. The first-order chi connectivity index (χ1) is 9.88. The topological polar surface area (TPSA) is 75.6 Å². The van der Waals surface area contributed by atoms with Crippen LogP contribution in [0, 0.1) is 10.1 Å². The summed E-state index contributed by atoms with van der Waals surface area (Å²) in [6, 6.07) is 2.24. The maximum absolute atomic E-state index is 10.3. The highest BCUT2D eigenvalue weighted by Gasteiger charge is 2.05. The largest absolute Gasteiger partial charge is 0.380 e. The van der Waals surface area contributed by atoms with E-state index >= 15 is 0 Å². The molecule has 0 aliphatic heterocycles. The zero-order chi connectivity index (χ0) is 15.8. The molecule has 0 aromatic carbocycles. The molecule has 8 heteroatoms. The van der Waals surface area contributed by atoms with Crippen LogP contribution >= 0.6 is 23.1 Å². The molecule has 21 heavy (non-hydrogen) atoms. The first-order valence-corrected chi connectivity index (χ1v) is 8.52. The molecule has 1 heterocycles. The van der Waals surface area contributed by atoms with Crippen LogP contribution in [0.1, 0.15) is 10.4 Å². The minimum atomic E-state index is -0.531. The van der Waals surface area contributed by atoms with Gasteiger partial charge in [0.25, 0.3) is 6.20 Å². The van der Waals surface area contributed by atoms with E-state index in [9.17, 15) is 10.1 Å². The quantitative estimate of drug-likeness (QED) is 0.424. The van der Waals surface area contributed by atoms with Crippen molar-refractivity contribution in [2.75, 3.05) is 33.4 Å². The maximum atomic E-state index is 10.3. The van der Waals surface area contributed by atoms with Crippen LogP contribution < -0.4 is 5.73 Å². The Kier molecular flexibility index (Phi) is 7.55. The molecule has 2 N–H and O–H groups in total. The van der Waals surface area contributed by atoms with Gasteiger partial charge in [0, 0.05) is 36.5 Å². The second-order valence-electron chi connectivity index (χ2n) is 4.97. The highest BCUT2D eigenvalue weighted by molar-refractivity contribution is 7.98. The summed E-state index contributed by atoms with van der Waals surface area (Å²) in [5.74, 6) is 2.03. The molecule has 0 bridgehead atoms. The van der Waals surface area contributed by atoms with Crippen molar-refractivity contribution in [3.05, 3.63) is 44.0 Å². The Balaban J connectivity index is 2.28. The van der Waals surface area contributed by atoms with Crippen LogP contribution in [0.3, 0.4) is 0 Å². The summed E-state index contributed by atoms with van der Waals surface area (Å²) in [6.45, 7) is 1.66. The average Bonchev–Trinajstić information content (AvgIpc) is 2.80. The highest BCUT2D eigenvalue weighted by Crippen LogP contribution is 2.21. The van der Waals surface area contributed by atoms with Gasteiger partial charge in [0.2, 0.25) is 0 Å². The SMILES string of the molecule is CN(C)Cc1csc(CSCCN(C)/C(N)=C\[N+](=O)[O-])c1. The van der Waals surface area contributed by atoms with Crippen LogP contribution in [0.15, 0.2) is 23.5 Å². The maximum Gasteiger partial charge on any atom is 0.274 e. The first kappa shape index (κ1) is 17.8. The first-order valence-electron chi connectivity index (χ1n) is 6.49. The summed E-state index contributed by atoms with van der Waals surface area (Å²) in [6.07, 6.45) is 0.831. The van der Waals surface area contributed by atoms with Crippen molar-refractivity contribution in [1.82, 2.24) is 9.80 Å². The molecule has 1 aromatic heterocycles. The van der Waals surface area contributed by atoms with Gasteiger partial charge in [0.05, 0.1) is 4.92 Å². The van der Waals surface area contributed by atoms with Crippen LogP contribution in [0.2, 0.25) is 0 Å². The second-order valence-corrected chi connectivity index (χ2v) is 7.07. The third kappa shape index (κ3) is 7.35. The third-order valence-electron chi connectivity index (χ3n) is 2.70. The van der Waals surface area contributed by atoms with E-state index < -0.39 is 4.92 Å². The molecule has 0 amide bonds. The van der Waals surface area contributed by atoms with Gasteiger partial charge < -0.3 is 15.5 Å². The van der Waals surface area contributed by atoms with Crippen LogP contribution in [0.4, 0.5) is 0 Å². The lowest BCUT2D eigenvalue weighted by Gasteiger charge is -2.16. The Bertz CT molecular complexity index is 488. The number of nitrogens with two attached hydrogens (primary N) is 1. The molecule has 0 aliphatic carbocycles. The van der Waals surface area contributed by atoms with Crippen molar-refractivity contribution in [3.63, 3.8) is 0 Å². The predicted octanol–water partition coefficient (Wildman–Crippen LogP) is 2.01. The van der Waals surface area contributed by atoms with E-state index in [4.69, 9.17) is 5.73 Å². The molecule has 1 rings (SSSR count). The van der Waals surface area contributed by atoms with Gasteiger partial charge in [-0.2, -0.15) is 11.8 Å². The lowest BCUT2D eigenvalue weighted by atomic mass is 10.3. The minimum absolute atomic E-state index is 0.185. The van der Waals surface area contributed by atoms with Gasteiger partial charge in [-0.1, -0.05) is 0 Å². The van der Waals surface area contributed by atoms with E-state index in [0.29, 0.717) is 6.54 Å². The Morgan fingerprint density at radius 2 is 2.24 bits per heavy atom. The summed E-state index contributed by atoms with van der Waals surface area (Å²) < 4.78 is 0. The molecule has 0 saturated heterocycles. The van der Waals surface area contributed by atoms with Crippen molar-refractivity contribution in [2.24, 2.45) is 5.73 Å². The summed E-state index contributed by atoms with van der Waals surface area (Å²) in [5, 5.41) is 12.5. The number of hydrogen-bond donors (Lipinski definition) is 1. The molecular weight excluding hydrogens is 308 g/mol. The molecule has 6 nitrogen and oxygen atoms in total. The van der Waals surface area contributed by atoms with Crippen molar-refractivity contribution in [3.8, 4) is 0 Å². The molecule has 0 atom stereocenters. The zero-order valence-electron chi connectivity index (χ0n) is 12.6. The fourth-order valence-electron chi connectivity index (χ4n) is 1.66. The predicted molar refractivity (Wildman–Crippen MR) is 89.8 cm³/mol. The van der Waals surface area contributed by atoms with Gasteiger partial charge in [-0.3, -0.25) is 10.1 Å². The molecule has 0 unspecified atom stereocenters. The van der Waals surface area contributed by atoms with E-state index in [1.807, 2.05) is 0 Å². The summed E-state index contributed by atoms with van der Waals surface area (Å²) in [7, 11) is 5.88. The number of thiophene rings is 1. The third-order valence-corrected chi connectivity index (χ3v) is 4.86. The molecule has 118 valence electrons. The highest BCUT2D eigenvalue weighted by atomic mass is 32.2. The molecule has 0 saturated carbocycles. The number of hydrogen-bond acceptors (Lipinski definition) is 7. The van der Waals surface area contributed by atoms with Gasteiger partial charge in [-0.25, -0.2) is 0 Å². The van der Waals surface area contributed by atoms with Crippen molar-refractivity contribution in [1.29, 1.82) is 0 Å². The minimum Gasteiger partial charge on any atom is -0.380 e. The van der Waals surface area contributed by atoms with Crippen molar-refractivity contribution < 1.29 is 4.92 Å². The molecule has 0 radical (unpaired) electrons. The van der Waals surface area contributed by atoms with Crippen LogP contribution in [0.5, 0.6) is 0 Å². The van der Waals surface area contributed by atoms with Gasteiger partial charge in [-0.15, -0.1) is 11.3 Å². The van der Waals surface area contributed by atoms with Gasteiger partial charge in [0.15, 0.2) is 5.82 Å². The fourth-order valence-corrected chi connectivity index (χ4v) is 3.68. The van der Waals surface area contributed by atoms with Gasteiger partial charge >= 0.3 is 0 Å². The van der Waals surface area contributed by atoms with E-state index in [1.165, 1.54) is 10.4 Å². The number of nitrogens with zero attached hydrogens (tertiary/aromatic N) is 3. The number of nitro groups is 1. The molecule has 0 aliphatic rings. The van der Waals surface area contributed by atoms with Crippen LogP contribution in [-0.4, -0.2) is 48.2 Å². The lowest BCUT2D eigenvalue weighted by molar-refractivity contribution is -0.404. The lowest BCUT2D eigenvalue weighted by Crippen LogP contribution is -2.26. The number of thioether (sulfide) groups is 1. The monoisotopic (exact) mass is 330 g/mol. The van der Waals surface area contributed by atoms with E-state index in [2.05, 4.69) is 30.4 Å². The Morgan fingerprint density at radius 1 is 1.52 bits per heavy atom. The van der Waals surface area contributed by atoms with Crippen LogP contribution in [-0.2, 0) is 12.3 Å². The van der Waals surface area contributed by atoms with Crippen molar-refractivity contribution in [2.45, 2.75) is 12.3 Å². The average molecular weight is 330 g/mol. The molecular formula is C13H22N4O2S2. The normalized spacial score (nSPS) is 11.9. The standard InChI is InChI=1S/C13H22N4O2S2/c1-15(2)7-11-6-12(21-9-11)10-20-5-4-16(3)13(14)8-17(18)19/h6,8-9H,4-5,7,10,14H2,1-3H3/b13-8-. The zero-order valence-corrected chi connectivity index (χ0v) is 14.2. The van der Waals surface area contributed by atoms with E-state index in [0.717, 1.165) is 24.3 Å². The molecule has 0 fully saturated rings. The Hall–Kier alpha value is -1.25. The van der Waals surface area contributed by atoms with E-state index in [1.54, 1.807) is 35.0 Å². The summed E-state index contributed by atoms with van der Waals surface area (Å²) >= 11 is 3.58. The summed E-state index contributed by atoms with van der Waals surface area (Å²) in [5.41, 5.74) is 6.94. The van der Waals surface area contributed by atoms with Crippen LogP contribution in [0.25, 0.3) is 0 Å². The Morgan fingerprint density at radius 3 is 2.86 bits per heavy atom. The Labute approximate surface area is 133 Å². The smallest absolute Gasteiger partial charge is 0.274 e. The fraction of sp³-hybridized carbons (Fsp3) is 0.538. The summed E-state index contributed by atoms with van der Waals surface area (Å²) in [4.78, 5) is 15.0. The van der Waals surface area contributed by atoms with Gasteiger partial charge in [0.1, 0.15) is 0 Å². The second kappa shape index (κ2) is 8.91. The van der Waals surface area contributed by atoms with Gasteiger partial charge in [-0.05, 0) is 31.1 Å².